The Balaban J connectivity index is 2.27. The van der Waals surface area contributed by atoms with Crippen LogP contribution in [0.25, 0.3) is 0 Å². The number of hydrogen-bond donors (Lipinski definition) is 1. The predicted octanol–water partition coefficient (Wildman–Crippen LogP) is 0.838. The van der Waals surface area contributed by atoms with Crippen LogP contribution < -0.4 is 5.73 Å². The average molecular weight is 206 g/mol. The summed E-state index contributed by atoms with van der Waals surface area (Å²) in [5.41, 5.74) is 5.26. The number of primary amides is 1. The zero-order valence-corrected chi connectivity index (χ0v) is 8.28. The van der Waals surface area contributed by atoms with Crippen molar-refractivity contribution in [3.05, 3.63) is 24.3 Å². The van der Waals surface area contributed by atoms with Gasteiger partial charge in [-0.2, -0.15) is 5.26 Å². The molecule has 2 N–H and O–H groups in total. The molecule has 14 heavy (non-hydrogen) atoms. The number of nitriles is 1. The van der Waals surface area contributed by atoms with Crippen LogP contribution in [0.1, 0.15) is 0 Å². The summed E-state index contributed by atoms with van der Waals surface area (Å²) >= 11 is 1.50. The number of carbonyl (C=O) groups is 1. The Bertz CT molecular complexity index is 356. The van der Waals surface area contributed by atoms with Gasteiger partial charge in [0.2, 0.25) is 5.91 Å². The third-order valence-electron chi connectivity index (χ3n) is 2.60. The van der Waals surface area contributed by atoms with Gasteiger partial charge in [-0.05, 0) is 0 Å². The van der Waals surface area contributed by atoms with E-state index in [9.17, 15) is 4.79 Å². The van der Waals surface area contributed by atoms with Gasteiger partial charge in [-0.25, -0.2) is 0 Å². The van der Waals surface area contributed by atoms with Crippen LogP contribution in [0.2, 0.25) is 0 Å². The lowest BCUT2D eigenvalue weighted by molar-refractivity contribution is -0.118. The number of amides is 1. The van der Waals surface area contributed by atoms with Crippen molar-refractivity contribution in [2.24, 2.45) is 17.6 Å². The average Bonchev–Trinajstić information content (AvgIpc) is 2.56. The molecule has 72 valence electrons. The van der Waals surface area contributed by atoms with E-state index in [1.54, 1.807) is 0 Å². The van der Waals surface area contributed by atoms with E-state index in [0.717, 1.165) is 0 Å². The third-order valence-corrected chi connectivity index (χ3v) is 4.20. The lowest BCUT2D eigenvalue weighted by Gasteiger charge is -2.15. The van der Waals surface area contributed by atoms with Gasteiger partial charge >= 0.3 is 0 Å². The largest absolute Gasteiger partial charge is 0.369 e. The smallest absolute Gasteiger partial charge is 0.231 e. The van der Waals surface area contributed by atoms with Crippen LogP contribution in [0.3, 0.4) is 0 Å². The second-order valence-corrected chi connectivity index (χ2v) is 4.75. The number of allylic oxidation sites excluding steroid dienone is 3. The zero-order chi connectivity index (χ0) is 10.1. The van der Waals surface area contributed by atoms with E-state index < -0.39 is 0 Å². The maximum atomic E-state index is 11.1. The Morgan fingerprint density at radius 1 is 1.43 bits per heavy atom. The summed E-state index contributed by atoms with van der Waals surface area (Å²) in [6.07, 6.45) is 7.90. The number of rotatable bonds is 1. The molecule has 1 saturated heterocycles. The van der Waals surface area contributed by atoms with Gasteiger partial charge in [-0.15, -0.1) is 11.8 Å². The fraction of sp³-hybridized carbons (Fsp3) is 0.400. The van der Waals surface area contributed by atoms with Gasteiger partial charge in [0.25, 0.3) is 0 Å². The van der Waals surface area contributed by atoms with E-state index >= 15 is 0 Å². The molecule has 3 nitrogen and oxygen atoms in total. The summed E-state index contributed by atoms with van der Waals surface area (Å²) < 4.78 is 0. The monoisotopic (exact) mass is 206 g/mol. The molecule has 1 heterocycles. The van der Waals surface area contributed by atoms with Crippen LogP contribution in [0, 0.1) is 23.2 Å². The van der Waals surface area contributed by atoms with Gasteiger partial charge < -0.3 is 5.73 Å². The first-order valence-electron chi connectivity index (χ1n) is 4.43. The molecule has 0 spiro atoms. The molecule has 0 saturated carbocycles. The molecule has 4 heteroatoms. The van der Waals surface area contributed by atoms with E-state index in [1.165, 1.54) is 11.8 Å². The van der Waals surface area contributed by atoms with Gasteiger partial charge in [0.1, 0.15) is 5.25 Å². The first-order chi connectivity index (χ1) is 6.74. The topological polar surface area (TPSA) is 66.9 Å². The lowest BCUT2D eigenvalue weighted by Crippen LogP contribution is -2.30. The van der Waals surface area contributed by atoms with Crippen LogP contribution in [-0.2, 0) is 4.79 Å². The van der Waals surface area contributed by atoms with E-state index in [2.05, 4.69) is 6.07 Å². The Hall–Kier alpha value is -1.21. The number of fused-ring (bicyclic) bond motifs is 1. The highest BCUT2D eigenvalue weighted by Crippen LogP contribution is 2.45. The third kappa shape index (κ3) is 1.34. The highest BCUT2D eigenvalue weighted by molar-refractivity contribution is 8.01. The van der Waals surface area contributed by atoms with Crippen LogP contribution >= 0.6 is 11.8 Å². The van der Waals surface area contributed by atoms with Crippen molar-refractivity contribution in [1.29, 1.82) is 5.26 Å². The second-order valence-electron chi connectivity index (χ2n) is 3.43. The van der Waals surface area contributed by atoms with Gasteiger partial charge in [0.05, 0.1) is 12.0 Å². The van der Waals surface area contributed by atoms with Crippen molar-refractivity contribution in [2.45, 2.75) is 10.5 Å². The SMILES string of the molecule is N#CC1C(C(N)=O)SC2C=CC=CC21. The van der Waals surface area contributed by atoms with Crippen molar-refractivity contribution in [3.63, 3.8) is 0 Å². The van der Waals surface area contributed by atoms with E-state index in [1.807, 2.05) is 24.3 Å². The van der Waals surface area contributed by atoms with Gasteiger partial charge in [-0.3, -0.25) is 4.79 Å². The summed E-state index contributed by atoms with van der Waals surface area (Å²) in [4.78, 5) is 11.1. The molecule has 1 aliphatic heterocycles. The molecule has 1 amide bonds. The molecule has 0 radical (unpaired) electrons. The molecule has 0 bridgehead atoms. The minimum absolute atomic E-state index is 0.146. The highest BCUT2D eigenvalue weighted by atomic mass is 32.2. The summed E-state index contributed by atoms with van der Waals surface area (Å²) in [5.74, 6) is -0.506. The summed E-state index contributed by atoms with van der Waals surface area (Å²) in [6.45, 7) is 0. The van der Waals surface area contributed by atoms with E-state index in [4.69, 9.17) is 11.0 Å². The van der Waals surface area contributed by atoms with Crippen molar-refractivity contribution in [1.82, 2.24) is 0 Å². The summed E-state index contributed by atoms with van der Waals surface area (Å²) in [7, 11) is 0. The standard InChI is InChI=1S/C10H10N2OS/c11-5-7-6-3-1-2-4-8(6)14-9(7)10(12)13/h1-4,6-9H,(H2,12,13). The van der Waals surface area contributed by atoms with Gasteiger partial charge in [0.15, 0.2) is 0 Å². The quantitative estimate of drug-likeness (QED) is 0.691. The van der Waals surface area contributed by atoms with Crippen LogP contribution in [0.4, 0.5) is 0 Å². The van der Waals surface area contributed by atoms with Crippen molar-refractivity contribution in [3.8, 4) is 6.07 Å². The first kappa shape index (κ1) is 9.35. The maximum Gasteiger partial charge on any atom is 0.231 e. The highest BCUT2D eigenvalue weighted by Gasteiger charge is 2.45. The van der Waals surface area contributed by atoms with Crippen molar-refractivity contribution in [2.75, 3.05) is 0 Å². The molecule has 2 rings (SSSR count). The molecule has 4 atom stereocenters. The zero-order valence-electron chi connectivity index (χ0n) is 7.46. The molecule has 4 unspecified atom stereocenters. The van der Waals surface area contributed by atoms with Crippen molar-refractivity contribution < 1.29 is 4.79 Å². The summed E-state index contributed by atoms with van der Waals surface area (Å²) in [6, 6.07) is 2.19. The Morgan fingerprint density at radius 3 is 2.79 bits per heavy atom. The Labute approximate surface area is 86.6 Å². The summed E-state index contributed by atoms with van der Waals surface area (Å²) in [5, 5.41) is 8.87. The number of carbonyl (C=O) groups excluding carboxylic acids is 1. The second kappa shape index (κ2) is 3.50. The number of thioether (sulfide) groups is 1. The molecular formula is C10H10N2OS. The molecule has 1 aliphatic carbocycles. The molecule has 0 aromatic heterocycles. The molecule has 0 aromatic rings. The molecular weight excluding hydrogens is 196 g/mol. The lowest BCUT2D eigenvalue weighted by atomic mass is 9.86. The minimum Gasteiger partial charge on any atom is -0.369 e. The Morgan fingerprint density at radius 2 is 2.14 bits per heavy atom. The van der Waals surface area contributed by atoms with E-state index in [0.29, 0.717) is 0 Å². The Kier molecular flexibility index (Phi) is 2.34. The van der Waals surface area contributed by atoms with Gasteiger partial charge in [0, 0.05) is 11.2 Å². The fourth-order valence-corrected chi connectivity index (χ4v) is 3.42. The van der Waals surface area contributed by atoms with Crippen molar-refractivity contribution >= 4 is 17.7 Å². The fourth-order valence-electron chi connectivity index (χ4n) is 1.92. The predicted molar refractivity (Wildman–Crippen MR) is 55.2 cm³/mol. The number of nitrogens with two attached hydrogens (primary N) is 1. The van der Waals surface area contributed by atoms with Crippen LogP contribution in [-0.4, -0.2) is 16.4 Å². The molecule has 2 aliphatic rings. The van der Waals surface area contributed by atoms with Crippen LogP contribution in [0.15, 0.2) is 24.3 Å². The minimum atomic E-state index is -0.377. The van der Waals surface area contributed by atoms with E-state index in [-0.39, 0.29) is 28.2 Å². The normalized spacial score (nSPS) is 39.1. The molecule has 0 aromatic carbocycles. The maximum absolute atomic E-state index is 11.1. The van der Waals surface area contributed by atoms with Gasteiger partial charge in [-0.1, -0.05) is 24.3 Å². The molecule has 1 fully saturated rings. The first-order valence-corrected chi connectivity index (χ1v) is 5.37. The number of hydrogen-bond acceptors (Lipinski definition) is 3. The number of nitrogens with zero attached hydrogens (tertiary/aromatic N) is 1. The van der Waals surface area contributed by atoms with Crippen LogP contribution in [0.5, 0.6) is 0 Å².